The number of sulfone groups is 1. The zero-order chi connectivity index (χ0) is 16.3. The molecule has 2 saturated heterocycles. The maximum absolute atomic E-state index is 12.4. The molecule has 0 spiro atoms. The van der Waals surface area contributed by atoms with Crippen molar-refractivity contribution in [1.82, 2.24) is 14.5 Å². The number of rotatable bonds is 5. The zero-order valence-electron chi connectivity index (χ0n) is 13.1. The second kappa shape index (κ2) is 7.00. The molecule has 23 heavy (non-hydrogen) atoms. The lowest BCUT2D eigenvalue weighted by Gasteiger charge is -2.33. The Morgan fingerprint density at radius 2 is 2.17 bits per heavy atom. The van der Waals surface area contributed by atoms with Crippen LogP contribution < -0.4 is 0 Å². The highest BCUT2D eigenvalue weighted by atomic mass is 32.2. The minimum Gasteiger partial charge on any atom is -0.377 e. The molecule has 0 radical (unpaired) electrons. The van der Waals surface area contributed by atoms with Crippen LogP contribution in [0.4, 0.5) is 0 Å². The molecular weight excluding hydrogens is 318 g/mol. The van der Waals surface area contributed by atoms with E-state index in [4.69, 9.17) is 4.74 Å². The number of piperidine rings is 1. The number of likely N-dealkylation sites (tertiary alicyclic amines) is 1. The van der Waals surface area contributed by atoms with Crippen molar-refractivity contribution in [2.75, 3.05) is 31.2 Å². The van der Waals surface area contributed by atoms with E-state index in [1.165, 1.54) is 0 Å². The number of hydrogen-bond donors (Lipinski definition) is 0. The standard InChI is InChI=1S/C15H23N3O4S/c19-15(11-23(20,21)10-14-4-2-8-22-14)17-6-1-3-13(9-17)18-7-5-16-12-18/h5,7,12-14H,1-4,6,8-11H2/t13-,14-/m0/s1. The Morgan fingerprint density at radius 3 is 2.87 bits per heavy atom. The molecule has 1 amide bonds. The summed E-state index contributed by atoms with van der Waals surface area (Å²) in [4.78, 5) is 18.1. The van der Waals surface area contributed by atoms with Gasteiger partial charge < -0.3 is 14.2 Å². The molecular formula is C15H23N3O4S. The molecule has 8 heteroatoms. The van der Waals surface area contributed by atoms with E-state index in [1.54, 1.807) is 17.4 Å². The van der Waals surface area contributed by atoms with E-state index < -0.39 is 15.6 Å². The second-order valence-corrected chi connectivity index (χ2v) is 8.44. The van der Waals surface area contributed by atoms with Crippen molar-refractivity contribution in [1.29, 1.82) is 0 Å². The van der Waals surface area contributed by atoms with Gasteiger partial charge in [0.1, 0.15) is 5.75 Å². The van der Waals surface area contributed by atoms with Gasteiger partial charge in [-0.15, -0.1) is 0 Å². The Hall–Kier alpha value is -1.41. The van der Waals surface area contributed by atoms with Crippen LogP contribution in [0.3, 0.4) is 0 Å². The van der Waals surface area contributed by atoms with E-state index in [0.29, 0.717) is 19.7 Å². The van der Waals surface area contributed by atoms with Gasteiger partial charge in [0.25, 0.3) is 0 Å². The average molecular weight is 341 g/mol. The predicted octanol–water partition coefficient (Wildman–Crippen LogP) is 0.640. The Balaban J connectivity index is 1.56. The summed E-state index contributed by atoms with van der Waals surface area (Å²) in [5, 5.41) is 0. The van der Waals surface area contributed by atoms with Gasteiger partial charge in [-0.05, 0) is 25.7 Å². The summed E-state index contributed by atoms with van der Waals surface area (Å²) in [5.74, 6) is -0.756. The normalized spacial score (nSPS) is 25.7. The maximum Gasteiger partial charge on any atom is 0.237 e. The van der Waals surface area contributed by atoms with Crippen LogP contribution in [0.15, 0.2) is 18.7 Å². The van der Waals surface area contributed by atoms with Crippen LogP contribution in [0.25, 0.3) is 0 Å². The molecule has 2 fully saturated rings. The van der Waals surface area contributed by atoms with Crippen molar-refractivity contribution in [3.05, 3.63) is 18.7 Å². The van der Waals surface area contributed by atoms with E-state index >= 15 is 0 Å². The average Bonchev–Trinajstić information content (AvgIpc) is 3.19. The Labute approximate surface area is 136 Å². The summed E-state index contributed by atoms with van der Waals surface area (Å²) < 4.78 is 31.8. The third kappa shape index (κ3) is 4.32. The number of amides is 1. The van der Waals surface area contributed by atoms with Gasteiger partial charge in [-0.3, -0.25) is 4.79 Å². The summed E-state index contributed by atoms with van der Waals surface area (Å²) in [5.41, 5.74) is 0. The van der Waals surface area contributed by atoms with Crippen LogP contribution in [0.2, 0.25) is 0 Å². The van der Waals surface area contributed by atoms with E-state index in [1.807, 2.05) is 10.8 Å². The second-order valence-electron chi connectivity index (χ2n) is 6.34. The molecule has 1 aromatic rings. The molecule has 0 saturated carbocycles. The number of ether oxygens (including phenoxy) is 1. The molecule has 7 nitrogen and oxygen atoms in total. The largest absolute Gasteiger partial charge is 0.377 e. The van der Waals surface area contributed by atoms with Gasteiger partial charge in [-0.25, -0.2) is 13.4 Å². The van der Waals surface area contributed by atoms with Crippen LogP contribution in [0.1, 0.15) is 31.7 Å². The highest BCUT2D eigenvalue weighted by Gasteiger charge is 2.30. The van der Waals surface area contributed by atoms with E-state index in [-0.39, 0.29) is 23.8 Å². The number of carbonyl (C=O) groups is 1. The Bertz CT molecular complexity index is 623. The van der Waals surface area contributed by atoms with Crippen molar-refractivity contribution >= 4 is 15.7 Å². The summed E-state index contributed by atoms with van der Waals surface area (Å²) in [6.07, 6.45) is 8.61. The molecule has 0 aliphatic carbocycles. The van der Waals surface area contributed by atoms with Crippen molar-refractivity contribution < 1.29 is 17.9 Å². The fraction of sp³-hybridized carbons (Fsp3) is 0.733. The Kier molecular flexibility index (Phi) is 5.01. The molecule has 0 bridgehead atoms. The lowest BCUT2D eigenvalue weighted by atomic mass is 10.1. The van der Waals surface area contributed by atoms with Crippen molar-refractivity contribution in [3.8, 4) is 0 Å². The third-order valence-electron chi connectivity index (χ3n) is 4.50. The molecule has 128 valence electrons. The molecule has 3 heterocycles. The number of aromatic nitrogens is 2. The summed E-state index contributed by atoms with van der Waals surface area (Å²) in [7, 11) is -3.42. The lowest BCUT2D eigenvalue weighted by Crippen LogP contribution is -2.43. The van der Waals surface area contributed by atoms with Gasteiger partial charge in [0.2, 0.25) is 5.91 Å². The third-order valence-corrected chi connectivity index (χ3v) is 6.07. The molecule has 1 aromatic heterocycles. The minimum absolute atomic E-state index is 0.0441. The smallest absolute Gasteiger partial charge is 0.237 e. The van der Waals surface area contributed by atoms with Crippen LogP contribution in [0, 0.1) is 0 Å². The van der Waals surface area contributed by atoms with Gasteiger partial charge in [0, 0.05) is 32.1 Å². The summed E-state index contributed by atoms with van der Waals surface area (Å²) >= 11 is 0. The first-order chi connectivity index (χ1) is 11.0. The molecule has 0 unspecified atom stereocenters. The van der Waals surface area contributed by atoms with Crippen LogP contribution in [-0.2, 0) is 19.4 Å². The highest BCUT2D eigenvalue weighted by molar-refractivity contribution is 7.92. The number of hydrogen-bond acceptors (Lipinski definition) is 5. The lowest BCUT2D eigenvalue weighted by molar-refractivity contribution is -0.130. The molecule has 2 aliphatic rings. The van der Waals surface area contributed by atoms with Crippen LogP contribution in [-0.4, -0.2) is 66.1 Å². The van der Waals surface area contributed by atoms with E-state index in [2.05, 4.69) is 4.98 Å². The number of carbonyl (C=O) groups excluding carboxylic acids is 1. The molecule has 0 N–H and O–H groups in total. The topological polar surface area (TPSA) is 81.5 Å². The van der Waals surface area contributed by atoms with Gasteiger partial charge in [0.05, 0.1) is 24.2 Å². The van der Waals surface area contributed by atoms with Crippen molar-refractivity contribution in [2.45, 2.75) is 37.8 Å². The summed E-state index contributed by atoms with van der Waals surface area (Å²) in [6, 6.07) is 0.177. The van der Waals surface area contributed by atoms with Gasteiger partial charge in [-0.1, -0.05) is 0 Å². The van der Waals surface area contributed by atoms with E-state index in [9.17, 15) is 13.2 Å². The van der Waals surface area contributed by atoms with Gasteiger partial charge >= 0.3 is 0 Å². The fourth-order valence-electron chi connectivity index (χ4n) is 3.31. The van der Waals surface area contributed by atoms with Crippen molar-refractivity contribution in [3.63, 3.8) is 0 Å². The number of nitrogens with zero attached hydrogens (tertiary/aromatic N) is 3. The maximum atomic E-state index is 12.4. The molecule has 3 rings (SSSR count). The number of imidazole rings is 1. The summed E-state index contributed by atoms with van der Waals surface area (Å²) in [6.45, 7) is 1.79. The van der Waals surface area contributed by atoms with Crippen molar-refractivity contribution in [2.24, 2.45) is 0 Å². The highest BCUT2D eigenvalue weighted by Crippen LogP contribution is 2.22. The first-order valence-electron chi connectivity index (χ1n) is 8.11. The van der Waals surface area contributed by atoms with Crippen LogP contribution >= 0.6 is 0 Å². The SMILES string of the molecule is O=C(CS(=O)(=O)C[C@@H]1CCCO1)N1CCC[C@H](n2ccnc2)C1. The molecule has 2 atom stereocenters. The van der Waals surface area contributed by atoms with Crippen LogP contribution in [0.5, 0.6) is 0 Å². The first-order valence-corrected chi connectivity index (χ1v) is 9.93. The molecule has 0 aromatic carbocycles. The predicted molar refractivity (Wildman–Crippen MR) is 84.7 cm³/mol. The minimum atomic E-state index is -3.42. The first kappa shape index (κ1) is 16.4. The monoisotopic (exact) mass is 341 g/mol. The fourth-order valence-corrected chi connectivity index (χ4v) is 4.81. The Morgan fingerprint density at radius 1 is 1.30 bits per heavy atom. The van der Waals surface area contributed by atoms with E-state index in [0.717, 1.165) is 25.7 Å². The van der Waals surface area contributed by atoms with Gasteiger partial charge in [-0.2, -0.15) is 0 Å². The molecule has 2 aliphatic heterocycles. The quantitative estimate of drug-likeness (QED) is 0.785. The van der Waals surface area contributed by atoms with Gasteiger partial charge in [0.15, 0.2) is 9.84 Å². The zero-order valence-corrected chi connectivity index (χ0v) is 14.0.